The molecule has 4 heterocycles. The summed E-state index contributed by atoms with van der Waals surface area (Å²) < 4.78 is 0. The van der Waals surface area contributed by atoms with Crippen LogP contribution in [0.4, 0.5) is 0 Å². The molecule has 298 valence electrons. The number of rotatable bonds is 7. The molecule has 0 bridgehead atoms. The molecule has 0 aliphatic heterocycles. The summed E-state index contributed by atoms with van der Waals surface area (Å²) in [7, 11) is 0. The summed E-state index contributed by atoms with van der Waals surface area (Å²) in [6.07, 6.45) is 3.70. The fourth-order valence-corrected chi connectivity index (χ4v) is 8.67. The third-order valence-electron chi connectivity index (χ3n) is 11.6. The first-order valence-corrected chi connectivity index (χ1v) is 21.1. The predicted octanol–water partition coefficient (Wildman–Crippen LogP) is 13.1. The highest BCUT2D eigenvalue weighted by Gasteiger charge is 2.21. The molecule has 0 amide bonds. The highest BCUT2D eigenvalue weighted by atomic mass is 15.1. The van der Waals surface area contributed by atoms with E-state index in [2.05, 4.69) is 91.0 Å². The minimum atomic E-state index is 0.326. The Morgan fingerprint density at radius 1 is 0.234 bits per heavy atom. The molecule has 64 heavy (non-hydrogen) atoms. The third kappa shape index (κ3) is 6.67. The van der Waals surface area contributed by atoms with Gasteiger partial charge in [-0.15, -0.1) is 0 Å². The van der Waals surface area contributed by atoms with Gasteiger partial charge < -0.3 is 0 Å². The molecule has 4 aromatic heterocycles. The SMILES string of the molecule is c1ccc(-c2nc(-c3ccccc3)nc(-c3nc(-c4ccccc4)nc(-c4cc(-c5c6ccccc6cc6ncccc56)cc(-c5c6ccccc6cc6ncccc56)c4)n3)n2)cc1. The Morgan fingerprint density at radius 2 is 0.562 bits per heavy atom. The first-order chi connectivity index (χ1) is 31.7. The van der Waals surface area contributed by atoms with Crippen LogP contribution >= 0.6 is 0 Å². The highest BCUT2D eigenvalue weighted by molar-refractivity contribution is 6.15. The number of nitrogens with zero attached hydrogens (tertiary/aromatic N) is 8. The summed E-state index contributed by atoms with van der Waals surface area (Å²) in [5.41, 5.74) is 9.29. The first kappa shape index (κ1) is 36.9. The molecule has 0 radical (unpaired) electrons. The minimum absolute atomic E-state index is 0.326. The van der Waals surface area contributed by atoms with Crippen molar-refractivity contribution in [1.82, 2.24) is 39.9 Å². The van der Waals surface area contributed by atoms with E-state index in [-0.39, 0.29) is 0 Å². The lowest BCUT2D eigenvalue weighted by Crippen LogP contribution is -2.06. The van der Waals surface area contributed by atoms with Crippen molar-refractivity contribution in [2.75, 3.05) is 0 Å². The van der Waals surface area contributed by atoms with Gasteiger partial charge in [-0.1, -0.05) is 152 Å². The molecule has 0 N–H and O–H groups in total. The van der Waals surface area contributed by atoms with Crippen molar-refractivity contribution in [3.8, 4) is 79.5 Å². The third-order valence-corrected chi connectivity index (χ3v) is 11.6. The van der Waals surface area contributed by atoms with E-state index in [4.69, 9.17) is 39.9 Å². The maximum Gasteiger partial charge on any atom is 0.202 e. The summed E-state index contributed by atoms with van der Waals surface area (Å²) in [4.78, 5) is 40.4. The number of benzene rings is 8. The van der Waals surface area contributed by atoms with Crippen LogP contribution in [0.1, 0.15) is 0 Å². The van der Waals surface area contributed by atoms with Crippen molar-refractivity contribution in [3.05, 3.63) is 207 Å². The Balaban J connectivity index is 1.17. The number of fused-ring (bicyclic) bond motifs is 4. The van der Waals surface area contributed by atoms with Gasteiger partial charge in [0.1, 0.15) is 0 Å². The number of hydrogen-bond acceptors (Lipinski definition) is 8. The molecule has 8 heteroatoms. The monoisotopic (exact) mass is 818 g/mol. The van der Waals surface area contributed by atoms with Gasteiger partial charge in [0, 0.05) is 45.4 Å². The van der Waals surface area contributed by atoms with Crippen molar-refractivity contribution in [1.29, 1.82) is 0 Å². The van der Waals surface area contributed by atoms with Crippen LogP contribution in [0.3, 0.4) is 0 Å². The summed E-state index contributed by atoms with van der Waals surface area (Å²) in [5, 5.41) is 6.52. The molecule has 12 rings (SSSR count). The molecule has 0 saturated carbocycles. The zero-order valence-electron chi connectivity index (χ0n) is 34.2. The molecule has 0 spiro atoms. The van der Waals surface area contributed by atoms with E-state index >= 15 is 0 Å². The van der Waals surface area contributed by atoms with E-state index in [0.29, 0.717) is 34.9 Å². The predicted molar refractivity (Wildman–Crippen MR) is 257 cm³/mol. The molecule has 0 fully saturated rings. The number of hydrogen-bond donors (Lipinski definition) is 0. The zero-order chi connectivity index (χ0) is 42.4. The smallest absolute Gasteiger partial charge is 0.202 e. The van der Waals surface area contributed by atoms with E-state index in [1.165, 1.54) is 0 Å². The van der Waals surface area contributed by atoms with E-state index in [9.17, 15) is 0 Å². The molecule has 8 nitrogen and oxygen atoms in total. The number of pyridine rings is 2. The van der Waals surface area contributed by atoms with Gasteiger partial charge in [-0.3, -0.25) is 9.97 Å². The van der Waals surface area contributed by atoms with E-state index in [1.807, 2.05) is 116 Å². The molecule has 12 aromatic rings. The van der Waals surface area contributed by atoms with Crippen molar-refractivity contribution in [3.63, 3.8) is 0 Å². The lowest BCUT2D eigenvalue weighted by Gasteiger charge is -2.17. The summed E-state index contributed by atoms with van der Waals surface area (Å²) in [6.45, 7) is 0. The van der Waals surface area contributed by atoms with Crippen LogP contribution in [0.2, 0.25) is 0 Å². The fourth-order valence-electron chi connectivity index (χ4n) is 8.67. The Bertz CT molecular complexity index is 3430. The Kier molecular flexibility index (Phi) is 8.97. The Hall–Kier alpha value is -8.88. The molecular weight excluding hydrogens is 785 g/mol. The average molecular weight is 819 g/mol. The lowest BCUT2D eigenvalue weighted by molar-refractivity contribution is 1.00. The van der Waals surface area contributed by atoms with Gasteiger partial charge in [0.15, 0.2) is 23.3 Å². The van der Waals surface area contributed by atoms with Gasteiger partial charge in [-0.05, 0) is 86.3 Å². The van der Waals surface area contributed by atoms with Crippen LogP contribution < -0.4 is 0 Å². The second kappa shape index (κ2) is 15.5. The molecular formula is C56H34N8. The standard InChI is InChI=1S/C56H34N8/c1-4-16-35(17-5-1)51-59-52(36-18-6-2-7-19-36)62-55(61-51)56-63-53(37-20-8-3-9-21-37)60-54(64-56)42-31-40(49-43-24-12-10-22-38(43)33-47-45(49)26-14-28-57-47)30-41(32-42)50-44-25-13-11-23-39(44)34-48-46(50)27-15-29-58-48/h1-34H. The van der Waals surface area contributed by atoms with Gasteiger partial charge in [0.25, 0.3) is 0 Å². The molecule has 0 aliphatic carbocycles. The van der Waals surface area contributed by atoms with Crippen molar-refractivity contribution in [2.45, 2.75) is 0 Å². The number of aromatic nitrogens is 8. The summed E-state index contributed by atoms with van der Waals surface area (Å²) >= 11 is 0. The lowest BCUT2D eigenvalue weighted by atomic mass is 9.88. The van der Waals surface area contributed by atoms with E-state index in [0.717, 1.165) is 87.9 Å². The normalized spacial score (nSPS) is 11.4. The van der Waals surface area contributed by atoms with Crippen LogP contribution in [0, 0.1) is 0 Å². The minimum Gasteiger partial charge on any atom is -0.256 e. The molecule has 0 aliphatic rings. The van der Waals surface area contributed by atoms with Gasteiger partial charge in [0.2, 0.25) is 11.6 Å². The first-order valence-electron chi connectivity index (χ1n) is 21.1. The molecule has 0 atom stereocenters. The second-order valence-electron chi connectivity index (χ2n) is 15.6. The maximum absolute atomic E-state index is 5.29. The van der Waals surface area contributed by atoms with Crippen LogP contribution in [-0.2, 0) is 0 Å². The van der Waals surface area contributed by atoms with Gasteiger partial charge in [0.05, 0.1) is 11.0 Å². The largest absolute Gasteiger partial charge is 0.256 e. The van der Waals surface area contributed by atoms with Crippen LogP contribution in [0.15, 0.2) is 207 Å². The summed E-state index contributed by atoms with van der Waals surface area (Å²) in [6, 6.07) is 66.1. The average Bonchev–Trinajstić information content (AvgIpc) is 3.37. The van der Waals surface area contributed by atoms with E-state index in [1.54, 1.807) is 0 Å². The Morgan fingerprint density at radius 3 is 0.984 bits per heavy atom. The quantitative estimate of drug-likeness (QED) is 0.146. The van der Waals surface area contributed by atoms with Gasteiger partial charge in [-0.2, -0.15) is 0 Å². The molecule has 0 unspecified atom stereocenters. The van der Waals surface area contributed by atoms with E-state index < -0.39 is 0 Å². The summed E-state index contributed by atoms with van der Waals surface area (Å²) in [5.74, 6) is 2.67. The maximum atomic E-state index is 5.29. The topological polar surface area (TPSA) is 103 Å². The van der Waals surface area contributed by atoms with Gasteiger partial charge >= 0.3 is 0 Å². The highest BCUT2D eigenvalue weighted by Crippen LogP contribution is 2.43. The van der Waals surface area contributed by atoms with Gasteiger partial charge in [-0.25, -0.2) is 29.9 Å². The fraction of sp³-hybridized carbons (Fsp3) is 0. The van der Waals surface area contributed by atoms with Crippen LogP contribution in [-0.4, -0.2) is 39.9 Å². The zero-order valence-corrected chi connectivity index (χ0v) is 34.2. The van der Waals surface area contributed by atoms with Crippen molar-refractivity contribution < 1.29 is 0 Å². The van der Waals surface area contributed by atoms with Crippen LogP contribution in [0.5, 0.6) is 0 Å². The van der Waals surface area contributed by atoms with Crippen molar-refractivity contribution in [2.24, 2.45) is 0 Å². The molecule has 8 aromatic carbocycles. The molecule has 0 saturated heterocycles. The van der Waals surface area contributed by atoms with Crippen LogP contribution in [0.25, 0.3) is 123 Å². The van der Waals surface area contributed by atoms with Crippen molar-refractivity contribution >= 4 is 43.4 Å². The Labute approximate surface area is 367 Å². The second-order valence-corrected chi connectivity index (χ2v) is 15.6.